The number of hydrogen-bond donors (Lipinski definition) is 0. The largest absolute Gasteiger partial charge is 0.456 e. The van der Waals surface area contributed by atoms with Crippen LogP contribution in [0.25, 0.3) is 33.1 Å². The van der Waals surface area contributed by atoms with E-state index in [0.717, 1.165) is 21.9 Å². The van der Waals surface area contributed by atoms with Crippen molar-refractivity contribution in [2.75, 3.05) is 0 Å². The van der Waals surface area contributed by atoms with Gasteiger partial charge in [-0.15, -0.1) is 0 Å². The van der Waals surface area contributed by atoms with Crippen LogP contribution >= 0.6 is 0 Å². The van der Waals surface area contributed by atoms with Gasteiger partial charge in [-0.05, 0) is 34.7 Å². The van der Waals surface area contributed by atoms with Crippen LogP contribution in [0.15, 0.2) is 71.0 Å². The molecule has 1 heterocycles. The number of hydrogen-bond acceptors (Lipinski definition) is 1. The lowest BCUT2D eigenvalue weighted by Crippen LogP contribution is -1.88. The normalized spacial score (nSPS) is 14.8. The van der Waals surface area contributed by atoms with Crippen LogP contribution in [-0.4, -0.2) is 0 Å². The molecule has 0 unspecified atom stereocenters. The fourth-order valence-electron chi connectivity index (χ4n) is 2.97. The van der Waals surface area contributed by atoms with Gasteiger partial charge in [0.15, 0.2) is 0 Å². The summed E-state index contributed by atoms with van der Waals surface area (Å²) >= 11 is 0. The first-order valence-electron chi connectivity index (χ1n) is 9.84. The van der Waals surface area contributed by atoms with E-state index < -0.39 is 0 Å². The molecule has 4 aromatic rings. The highest BCUT2D eigenvalue weighted by molar-refractivity contribution is 6.13. The Hall–Kier alpha value is -2.54. The van der Waals surface area contributed by atoms with Gasteiger partial charge in [-0.1, -0.05) is 68.3 Å². The summed E-state index contributed by atoms with van der Waals surface area (Å²) in [6.45, 7) is 4.20. The first kappa shape index (κ1) is 8.79. The Balaban J connectivity index is 2.22. The quantitative estimate of drug-likeness (QED) is 0.418. The zero-order valence-electron chi connectivity index (χ0n) is 17.4. The predicted molar refractivity (Wildman–Crippen MR) is 93.2 cm³/mol. The molecule has 0 bridgehead atoms. The van der Waals surface area contributed by atoms with Gasteiger partial charge in [0.1, 0.15) is 11.2 Å². The summed E-state index contributed by atoms with van der Waals surface area (Å²) in [5.41, 5.74) is 3.27. The van der Waals surface area contributed by atoms with Gasteiger partial charge in [0.05, 0.1) is 6.85 Å². The zero-order chi connectivity index (χ0) is 19.5. The first-order valence-corrected chi connectivity index (χ1v) is 7.34. The fourth-order valence-corrected chi connectivity index (χ4v) is 2.97. The minimum absolute atomic E-state index is 0.202. The van der Waals surface area contributed by atoms with Crippen molar-refractivity contribution in [2.45, 2.75) is 19.8 Å². The van der Waals surface area contributed by atoms with Crippen LogP contribution in [0.5, 0.6) is 0 Å². The third kappa shape index (κ3) is 1.93. The summed E-state index contributed by atoms with van der Waals surface area (Å²) in [5, 5.41) is 1.72. The van der Waals surface area contributed by atoms with Gasteiger partial charge in [-0.3, -0.25) is 0 Å². The molecule has 0 amide bonds. The first-order chi connectivity index (χ1) is 12.8. The molecule has 0 atom stereocenters. The second-order valence-corrected chi connectivity index (χ2v) is 5.66. The monoisotopic (exact) mass is 291 g/mol. The number of fused-ring (bicyclic) bond motifs is 3. The Bertz CT molecular complexity index is 1180. The second-order valence-electron chi connectivity index (χ2n) is 5.66. The van der Waals surface area contributed by atoms with Crippen LogP contribution in [0.3, 0.4) is 0 Å². The van der Waals surface area contributed by atoms with Gasteiger partial charge in [-0.2, -0.15) is 0 Å². The molecule has 22 heavy (non-hydrogen) atoms. The highest BCUT2D eigenvalue weighted by Crippen LogP contribution is 2.39. The Morgan fingerprint density at radius 3 is 2.27 bits per heavy atom. The van der Waals surface area contributed by atoms with Crippen molar-refractivity contribution in [2.24, 2.45) is 0 Å². The highest BCUT2D eigenvalue weighted by atomic mass is 16.3. The van der Waals surface area contributed by atoms with E-state index in [-0.39, 0.29) is 41.7 Å². The van der Waals surface area contributed by atoms with Crippen molar-refractivity contribution >= 4 is 21.9 Å². The maximum atomic E-state index is 8.34. The van der Waals surface area contributed by atoms with Crippen molar-refractivity contribution in [1.29, 1.82) is 0 Å². The van der Waals surface area contributed by atoms with Crippen LogP contribution in [0, 0.1) is 0 Å². The molecule has 0 aliphatic heterocycles. The second kappa shape index (κ2) is 5.03. The smallest absolute Gasteiger partial charge is 0.136 e. The topological polar surface area (TPSA) is 13.1 Å². The Morgan fingerprint density at radius 2 is 1.55 bits per heavy atom. The van der Waals surface area contributed by atoms with Crippen molar-refractivity contribution in [1.82, 2.24) is 0 Å². The van der Waals surface area contributed by atoms with Crippen LogP contribution in [0.4, 0.5) is 0 Å². The molecule has 0 saturated carbocycles. The third-order valence-electron chi connectivity index (χ3n) is 3.95. The molecule has 0 spiro atoms. The van der Waals surface area contributed by atoms with E-state index in [4.69, 9.17) is 11.3 Å². The molecule has 1 nitrogen and oxygen atoms in total. The summed E-state index contributed by atoms with van der Waals surface area (Å²) in [6.07, 6.45) is 0. The highest BCUT2D eigenvalue weighted by Gasteiger charge is 2.16. The summed E-state index contributed by atoms with van der Waals surface area (Å²) in [5.74, 6) is 0.252. The van der Waals surface area contributed by atoms with E-state index in [1.165, 1.54) is 0 Å². The van der Waals surface area contributed by atoms with E-state index in [0.29, 0.717) is 11.1 Å². The van der Waals surface area contributed by atoms with Gasteiger partial charge in [-0.25, -0.2) is 0 Å². The summed E-state index contributed by atoms with van der Waals surface area (Å²) in [6, 6.07) is 9.85. The van der Waals surface area contributed by atoms with Crippen molar-refractivity contribution < 1.29 is 11.3 Å². The number of benzene rings is 3. The van der Waals surface area contributed by atoms with Crippen molar-refractivity contribution in [3.63, 3.8) is 0 Å². The molecule has 1 heteroatoms. The van der Waals surface area contributed by atoms with E-state index >= 15 is 0 Å². The molecule has 0 N–H and O–H groups in total. The molecule has 3 aromatic carbocycles. The standard InChI is InChI=1S/C21H18O/c1-14(2)16-10-6-12-18-20(16)21-17(11-7-13-19(21)22-18)15-8-4-3-5-9-15/h3-14H,1-2H3/i3D,4D,5D,8D,9D. The van der Waals surface area contributed by atoms with Gasteiger partial charge < -0.3 is 4.42 Å². The van der Waals surface area contributed by atoms with E-state index in [9.17, 15) is 0 Å². The van der Waals surface area contributed by atoms with Gasteiger partial charge in [0.2, 0.25) is 0 Å². The van der Waals surface area contributed by atoms with Crippen molar-refractivity contribution in [3.8, 4) is 11.1 Å². The van der Waals surface area contributed by atoms with Gasteiger partial charge >= 0.3 is 0 Å². The number of rotatable bonds is 2. The summed E-state index contributed by atoms with van der Waals surface area (Å²) in [4.78, 5) is 0. The molecular weight excluding hydrogens is 268 g/mol. The lowest BCUT2D eigenvalue weighted by atomic mass is 9.93. The Labute approximate surface area is 137 Å². The molecule has 108 valence electrons. The van der Waals surface area contributed by atoms with E-state index in [1.807, 2.05) is 24.3 Å². The molecule has 0 aliphatic rings. The van der Waals surface area contributed by atoms with Crippen LogP contribution in [-0.2, 0) is 0 Å². The molecule has 4 rings (SSSR count). The van der Waals surface area contributed by atoms with Crippen LogP contribution in [0.2, 0.25) is 0 Å². The SMILES string of the molecule is [2H]c1c([2H])c([2H])c(-c2cccc3oc4cccc(C(C)C)c4c23)c([2H])c1[2H]. The van der Waals surface area contributed by atoms with Gasteiger partial charge in [0.25, 0.3) is 0 Å². The zero-order valence-corrected chi connectivity index (χ0v) is 12.4. The molecule has 1 aromatic heterocycles. The summed E-state index contributed by atoms with van der Waals surface area (Å²) in [7, 11) is 0. The van der Waals surface area contributed by atoms with Crippen LogP contribution in [0.1, 0.15) is 32.2 Å². The molecular formula is C21H18O. The molecule has 0 saturated heterocycles. The lowest BCUT2D eigenvalue weighted by Gasteiger charge is -2.09. The molecule has 0 aliphatic carbocycles. The summed E-state index contributed by atoms with van der Waals surface area (Å²) < 4.78 is 46.5. The lowest BCUT2D eigenvalue weighted by molar-refractivity contribution is 0.668. The van der Waals surface area contributed by atoms with E-state index in [1.54, 1.807) is 12.1 Å². The molecule has 0 fully saturated rings. The fraction of sp³-hybridized carbons (Fsp3) is 0.143. The predicted octanol–water partition coefficient (Wildman–Crippen LogP) is 6.38. The minimum atomic E-state index is -0.388. The number of furan rings is 1. The average molecular weight is 291 g/mol. The average Bonchev–Trinajstić information content (AvgIpc) is 3.04. The third-order valence-corrected chi connectivity index (χ3v) is 3.95. The Kier molecular flexibility index (Phi) is 2.01. The minimum Gasteiger partial charge on any atom is -0.456 e. The molecule has 0 radical (unpaired) electrons. The maximum absolute atomic E-state index is 8.34. The maximum Gasteiger partial charge on any atom is 0.136 e. The van der Waals surface area contributed by atoms with Crippen LogP contribution < -0.4 is 0 Å². The Morgan fingerprint density at radius 1 is 0.864 bits per heavy atom. The van der Waals surface area contributed by atoms with E-state index in [2.05, 4.69) is 13.8 Å². The van der Waals surface area contributed by atoms with Crippen molar-refractivity contribution in [3.05, 3.63) is 72.2 Å². The van der Waals surface area contributed by atoms with Gasteiger partial charge in [0, 0.05) is 10.8 Å².